The van der Waals surface area contributed by atoms with Crippen molar-refractivity contribution >= 4 is 5.91 Å². The number of pyridine rings is 1. The van der Waals surface area contributed by atoms with Crippen LogP contribution in [0.15, 0.2) is 47.4 Å². The highest BCUT2D eigenvalue weighted by Crippen LogP contribution is 2.07. The van der Waals surface area contributed by atoms with Gasteiger partial charge in [0.05, 0.1) is 18.2 Å². The Morgan fingerprint density at radius 3 is 2.86 bits per heavy atom. The van der Waals surface area contributed by atoms with Crippen LogP contribution in [-0.4, -0.2) is 17.1 Å². The summed E-state index contributed by atoms with van der Waals surface area (Å²) < 4.78 is 6.50. The summed E-state index contributed by atoms with van der Waals surface area (Å²) in [6, 6.07) is 12.2. The maximum absolute atomic E-state index is 12.2. The van der Waals surface area contributed by atoms with Crippen molar-refractivity contribution in [1.82, 2.24) is 4.57 Å². The SMILES string of the molecule is N#Cc1cccc(Cn2cccc(OCC(N)=O)c2=O)c1. The van der Waals surface area contributed by atoms with Crippen LogP contribution >= 0.6 is 0 Å². The molecular formula is C15H13N3O3. The molecule has 1 aromatic carbocycles. The van der Waals surface area contributed by atoms with E-state index >= 15 is 0 Å². The quantitative estimate of drug-likeness (QED) is 0.870. The van der Waals surface area contributed by atoms with Gasteiger partial charge in [-0.3, -0.25) is 9.59 Å². The molecule has 6 nitrogen and oxygen atoms in total. The second-order valence-electron chi connectivity index (χ2n) is 4.37. The van der Waals surface area contributed by atoms with Gasteiger partial charge >= 0.3 is 0 Å². The van der Waals surface area contributed by atoms with Gasteiger partial charge in [0.2, 0.25) is 0 Å². The number of amides is 1. The number of nitriles is 1. The van der Waals surface area contributed by atoms with Crippen LogP contribution in [0, 0.1) is 11.3 Å². The molecule has 0 atom stereocenters. The normalized spacial score (nSPS) is 9.86. The third kappa shape index (κ3) is 3.70. The van der Waals surface area contributed by atoms with E-state index in [0.29, 0.717) is 12.1 Å². The minimum absolute atomic E-state index is 0.0627. The summed E-state index contributed by atoms with van der Waals surface area (Å²) in [5.74, 6) is -0.584. The van der Waals surface area contributed by atoms with Crippen LogP contribution in [0.2, 0.25) is 0 Å². The fraction of sp³-hybridized carbons (Fsp3) is 0.133. The van der Waals surface area contributed by atoms with Crippen LogP contribution in [0.1, 0.15) is 11.1 Å². The van der Waals surface area contributed by atoms with Crippen LogP contribution in [-0.2, 0) is 11.3 Å². The molecule has 106 valence electrons. The molecule has 0 aliphatic rings. The smallest absolute Gasteiger partial charge is 0.293 e. The number of benzene rings is 1. The van der Waals surface area contributed by atoms with Crippen molar-refractivity contribution in [3.8, 4) is 11.8 Å². The Morgan fingerprint density at radius 1 is 1.33 bits per heavy atom. The number of nitrogens with zero attached hydrogens (tertiary/aromatic N) is 2. The van der Waals surface area contributed by atoms with Crippen molar-refractivity contribution in [1.29, 1.82) is 5.26 Å². The molecule has 0 aliphatic heterocycles. The van der Waals surface area contributed by atoms with Crippen LogP contribution in [0.3, 0.4) is 0 Å². The van der Waals surface area contributed by atoms with Crippen LogP contribution < -0.4 is 16.0 Å². The fourth-order valence-electron chi connectivity index (χ4n) is 1.83. The Bertz CT molecular complexity index is 759. The highest BCUT2D eigenvalue weighted by molar-refractivity contribution is 5.75. The first kappa shape index (κ1) is 14.3. The lowest BCUT2D eigenvalue weighted by Crippen LogP contribution is -2.26. The summed E-state index contributed by atoms with van der Waals surface area (Å²) in [5.41, 5.74) is 5.97. The zero-order valence-electron chi connectivity index (χ0n) is 11.2. The lowest BCUT2D eigenvalue weighted by molar-refractivity contribution is -0.119. The number of rotatable bonds is 5. The number of ether oxygens (including phenoxy) is 1. The highest BCUT2D eigenvalue weighted by atomic mass is 16.5. The van der Waals surface area contributed by atoms with Crippen molar-refractivity contribution < 1.29 is 9.53 Å². The summed E-state index contributed by atoms with van der Waals surface area (Å²) in [7, 11) is 0. The van der Waals surface area contributed by atoms with Gasteiger partial charge in [0.1, 0.15) is 0 Å². The van der Waals surface area contributed by atoms with Gasteiger partial charge in [-0.25, -0.2) is 0 Å². The zero-order chi connectivity index (χ0) is 15.2. The number of nitrogens with two attached hydrogens (primary N) is 1. The molecule has 1 aromatic heterocycles. The van der Waals surface area contributed by atoms with Crippen LogP contribution in [0.25, 0.3) is 0 Å². The van der Waals surface area contributed by atoms with Gasteiger partial charge in [-0.1, -0.05) is 12.1 Å². The van der Waals surface area contributed by atoms with E-state index in [-0.39, 0.29) is 17.9 Å². The van der Waals surface area contributed by atoms with E-state index in [1.165, 1.54) is 10.6 Å². The zero-order valence-corrected chi connectivity index (χ0v) is 11.2. The van der Waals surface area contributed by atoms with Crippen molar-refractivity contribution in [2.45, 2.75) is 6.54 Å². The van der Waals surface area contributed by atoms with Gasteiger partial charge in [0.25, 0.3) is 11.5 Å². The molecule has 0 aliphatic carbocycles. The minimum atomic E-state index is -0.647. The number of hydrogen-bond acceptors (Lipinski definition) is 4. The van der Waals surface area contributed by atoms with Gasteiger partial charge in [0, 0.05) is 6.20 Å². The predicted octanol–water partition coefficient (Wildman–Crippen LogP) is 0.632. The van der Waals surface area contributed by atoms with E-state index in [2.05, 4.69) is 0 Å². The number of carbonyl (C=O) groups is 1. The molecule has 2 rings (SSSR count). The fourth-order valence-corrected chi connectivity index (χ4v) is 1.83. The van der Waals surface area contributed by atoms with Crippen molar-refractivity contribution in [2.24, 2.45) is 5.73 Å². The van der Waals surface area contributed by atoms with E-state index < -0.39 is 5.91 Å². The number of carbonyl (C=O) groups excluding carboxylic acids is 1. The topological polar surface area (TPSA) is 98.1 Å². The summed E-state index contributed by atoms with van der Waals surface area (Å²) in [4.78, 5) is 22.8. The second-order valence-corrected chi connectivity index (χ2v) is 4.37. The molecule has 0 saturated carbocycles. The van der Waals surface area contributed by atoms with Gasteiger partial charge < -0.3 is 15.0 Å². The molecule has 0 unspecified atom stereocenters. The molecule has 2 aromatic rings. The van der Waals surface area contributed by atoms with E-state index in [9.17, 15) is 9.59 Å². The summed E-state index contributed by atoms with van der Waals surface area (Å²) in [5, 5.41) is 8.87. The minimum Gasteiger partial charge on any atom is -0.478 e. The van der Waals surface area contributed by atoms with Gasteiger partial charge in [0.15, 0.2) is 12.4 Å². The third-order valence-corrected chi connectivity index (χ3v) is 2.76. The van der Waals surface area contributed by atoms with Gasteiger partial charge in [-0.2, -0.15) is 5.26 Å². The lowest BCUT2D eigenvalue weighted by atomic mass is 10.1. The molecule has 0 bridgehead atoms. The Balaban J connectivity index is 2.24. The molecule has 2 N–H and O–H groups in total. The van der Waals surface area contributed by atoms with Crippen molar-refractivity contribution in [3.63, 3.8) is 0 Å². The predicted molar refractivity (Wildman–Crippen MR) is 75.7 cm³/mol. The molecule has 0 saturated heterocycles. The number of hydrogen-bond donors (Lipinski definition) is 1. The van der Waals surface area contributed by atoms with Crippen LogP contribution in [0.5, 0.6) is 5.75 Å². The standard InChI is InChI=1S/C15H13N3O3/c16-8-11-3-1-4-12(7-11)9-18-6-2-5-13(15(18)20)21-10-14(17)19/h1-7H,9-10H2,(H2,17,19). The van der Waals surface area contributed by atoms with E-state index in [1.54, 1.807) is 30.5 Å². The van der Waals surface area contributed by atoms with Crippen LogP contribution in [0.4, 0.5) is 0 Å². The van der Waals surface area contributed by atoms with E-state index in [0.717, 1.165) is 5.56 Å². The molecule has 1 heterocycles. The molecule has 0 fully saturated rings. The lowest BCUT2D eigenvalue weighted by Gasteiger charge is -2.09. The largest absolute Gasteiger partial charge is 0.478 e. The maximum atomic E-state index is 12.2. The molecule has 6 heteroatoms. The first-order chi connectivity index (χ1) is 10.1. The Labute approximate surface area is 121 Å². The third-order valence-electron chi connectivity index (χ3n) is 2.76. The number of primary amides is 1. The van der Waals surface area contributed by atoms with Gasteiger partial charge in [-0.05, 0) is 29.8 Å². The highest BCUT2D eigenvalue weighted by Gasteiger charge is 2.06. The average Bonchev–Trinajstić information content (AvgIpc) is 2.48. The van der Waals surface area contributed by atoms with Crippen molar-refractivity contribution in [3.05, 3.63) is 64.1 Å². The Kier molecular flexibility index (Phi) is 4.36. The first-order valence-electron chi connectivity index (χ1n) is 6.20. The second kappa shape index (κ2) is 6.39. The maximum Gasteiger partial charge on any atom is 0.293 e. The molecule has 1 amide bonds. The Hall–Kier alpha value is -3.07. The molecule has 21 heavy (non-hydrogen) atoms. The molecule has 0 spiro atoms. The number of aromatic nitrogens is 1. The average molecular weight is 283 g/mol. The van der Waals surface area contributed by atoms with E-state index in [1.807, 2.05) is 12.1 Å². The van der Waals surface area contributed by atoms with Gasteiger partial charge in [-0.15, -0.1) is 0 Å². The van der Waals surface area contributed by atoms with Crippen molar-refractivity contribution in [2.75, 3.05) is 6.61 Å². The molecular weight excluding hydrogens is 270 g/mol. The first-order valence-corrected chi connectivity index (χ1v) is 6.20. The molecule has 0 radical (unpaired) electrons. The van der Waals surface area contributed by atoms with E-state index in [4.69, 9.17) is 15.7 Å². The summed E-state index contributed by atoms with van der Waals surface area (Å²) >= 11 is 0. The Morgan fingerprint density at radius 2 is 2.14 bits per heavy atom. The summed E-state index contributed by atoms with van der Waals surface area (Å²) in [6.07, 6.45) is 1.61. The monoisotopic (exact) mass is 283 g/mol. The summed E-state index contributed by atoms with van der Waals surface area (Å²) in [6.45, 7) is -0.0364.